The predicted octanol–water partition coefficient (Wildman–Crippen LogP) is 3.39. The van der Waals surface area contributed by atoms with Gasteiger partial charge in [0.1, 0.15) is 0 Å². The van der Waals surface area contributed by atoms with E-state index in [1.807, 2.05) is 13.8 Å². The van der Waals surface area contributed by atoms with Crippen molar-refractivity contribution in [1.82, 2.24) is 0 Å². The summed E-state index contributed by atoms with van der Waals surface area (Å²) in [6.45, 7) is 5.93. The number of hydrogen-bond acceptors (Lipinski definition) is 3. The molecule has 0 saturated heterocycles. The lowest BCUT2D eigenvalue weighted by atomic mass is 10.0. The molecule has 4 nitrogen and oxygen atoms in total. The van der Waals surface area contributed by atoms with Gasteiger partial charge in [-0.2, -0.15) is 0 Å². The van der Waals surface area contributed by atoms with Crippen molar-refractivity contribution in [3.05, 3.63) is 0 Å². The summed E-state index contributed by atoms with van der Waals surface area (Å²) in [7, 11) is 0. The highest BCUT2D eigenvalue weighted by Gasteiger charge is 2.28. The molecule has 0 heterocycles. The predicted molar refractivity (Wildman–Crippen MR) is 70.3 cm³/mol. The van der Waals surface area contributed by atoms with E-state index in [0.29, 0.717) is 6.42 Å². The van der Waals surface area contributed by atoms with Gasteiger partial charge in [-0.3, -0.25) is 9.59 Å². The second kappa shape index (κ2) is 9.92. The summed E-state index contributed by atoms with van der Waals surface area (Å²) in [5.74, 6) is -2.65. The zero-order chi connectivity index (χ0) is 14.0. The molecule has 0 aliphatic carbocycles. The minimum absolute atomic E-state index is 0.189. The number of carboxylic acids is 1. The Kier molecular flexibility index (Phi) is 9.33. The lowest BCUT2D eigenvalue weighted by Crippen LogP contribution is -2.28. The SMILES string of the molecule is CCCCCC(C(=O)O)C(=O)OC(C)CCCC. The van der Waals surface area contributed by atoms with Crippen molar-refractivity contribution in [1.29, 1.82) is 0 Å². The van der Waals surface area contributed by atoms with Crippen molar-refractivity contribution in [2.45, 2.75) is 71.8 Å². The van der Waals surface area contributed by atoms with Gasteiger partial charge in [-0.1, -0.05) is 46.0 Å². The minimum atomic E-state index is -1.07. The Morgan fingerprint density at radius 3 is 2.17 bits per heavy atom. The van der Waals surface area contributed by atoms with E-state index in [1.54, 1.807) is 0 Å². The van der Waals surface area contributed by atoms with Crippen molar-refractivity contribution in [2.24, 2.45) is 5.92 Å². The van der Waals surface area contributed by atoms with E-state index in [-0.39, 0.29) is 6.10 Å². The van der Waals surface area contributed by atoms with E-state index < -0.39 is 17.9 Å². The first kappa shape index (κ1) is 16.9. The topological polar surface area (TPSA) is 63.6 Å². The summed E-state index contributed by atoms with van der Waals surface area (Å²) in [6, 6.07) is 0. The summed E-state index contributed by atoms with van der Waals surface area (Å²) in [4.78, 5) is 22.8. The second-order valence-electron chi connectivity index (χ2n) is 4.78. The van der Waals surface area contributed by atoms with Gasteiger partial charge in [-0.05, 0) is 19.8 Å². The lowest BCUT2D eigenvalue weighted by Gasteiger charge is -2.16. The molecule has 0 amide bonds. The highest BCUT2D eigenvalue weighted by atomic mass is 16.5. The van der Waals surface area contributed by atoms with E-state index in [9.17, 15) is 9.59 Å². The maximum absolute atomic E-state index is 11.7. The highest BCUT2D eigenvalue weighted by Crippen LogP contribution is 2.15. The molecule has 0 aliphatic rings. The Morgan fingerprint density at radius 2 is 1.67 bits per heavy atom. The van der Waals surface area contributed by atoms with Crippen molar-refractivity contribution < 1.29 is 19.4 Å². The average Bonchev–Trinajstić information content (AvgIpc) is 2.31. The molecule has 2 atom stereocenters. The smallest absolute Gasteiger partial charge is 0.320 e. The molecule has 0 aliphatic heterocycles. The summed E-state index contributed by atoms with van der Waals surface area (Å²) < 4.78 is 5.19. The maximum atomic E-state index is 11.7. The Labute approximate surface area is 110 Å². The average molecular weight is 258 g/mol. The summed E-state index contributed by atoms with van der Waals surface area (Å²) in [5, 5.41) is 9.03. The van der Waals surface area contributed by atoms with Crippen LogP contribution in [0.15, 0.2) is 0 Å². The quantitative estimate of drug-likeness (QED) is 0.370. The molecule has 106 valence electrons. The van der Waals surface area contributed by atoms with Gasteiger partial charge in [0, 0.05) is 0 Å². The van der Waals surface area contributed by atoms with Crippen molar-refractivity contribution >= 4 is 11.9 Å². The zero-order valence-corrected chi connectivity index (χ0v) is 11.8. The van der Waals surface area contributed by atoms with Gasteiger partial charge < -0.3 is 9.84 Å². The van der Waals surface area contributed by atoms with Gasteiger partial charge in [0.25, 0.3) is 0 Å². The van der Waals surface area contributed by atoms with Crippen LogP contribution in [-0.4, -0.2) is 23.1 Å². The van der Waals surface area contributed by atoms with Crippen LogP contribution in [0.2, 0.25) is 0 Å². The van der Waals surface area contributed by atoms with Crippen LogP contribution >= 0.6 is 0 Å². The van der Waals surface area contributed by atoms with Crippen molar-refractivity contribution in [3.8, 4) is 0 Å². The number of ether oxygens (including phenoxy) is 1. The number of carbonyl (C=O) groups is 2. The van der Waals surface area contributed by atoms with Crippen LogP contribution in [0.3, 0.4) is 0 Å². The Balaban J connectivity index is 4.17. The maximum Gasteiger partial charge on any atom is 0.320 e. The molecule has 0 saturated carbocycles. The molecule has 0 aromatic carbocycles. The summed E-state index contributed by atoms with van der Waals surface area (Å²) in [6.07, 6.45) is 5.72. The number of rotatable bonds is 10. The number of carboxylic acid groups (broad SMARTS) is 1. The van der Waals surface area contributed by atoms with Gasteiger partial charge in [0.15, 0.2) is 5.92 Å². The highest BCUT2D eigenvalue weighted by molar-refractivity contribution is 5.93. The molecule has 2 unspecified atom stereocenters. The zero-order valence-electron chi connectivity index (χ0n) is 11.8. The molecule has 0 spiro atoms. The molecule has 0 bridgehead atoms. The Morgan fingerprint density at radius 1 is 1.06 bits per heavy atom. The van der Waals surface area contributed by atoms with Crippen molar-refractivity contribution in [2.75, 3.05) is 0 Å². The molecular formula is C14H26O4. The molecule has 1 N–H and O–H groups in total. The Hall–Kier alpha value is -1.06. The summed E-state index contributed by atoms with van der Waals surface area (Å²) >= 11 is 0. The fourth-order valence-electron chi connectivity index (χ4n) is 1.77. The van der Waals surface area contributed by atoms with Gasteiger partial charge in [-0.15, -0.1) is 0 Å². The number of esters is 1. The fourth-order valence-corrected chi connectivity index (χ4v) is 1.77. The van der Waals surface area contributed by atoms with E-state index in [2.05, 4.69) is 6.92 Å². The first-order valence-electron chi connectivity index (χ1n) is 6.96. The number of unbranched alkanes of at least 4 members (excludes halogenated alkanes) is 3. The first-order chi connectivity index (χ1) is 8.52. The molecule has 0 aromatic rings. The molecule has 0 rings (SSSR count). The van der Waals surface area contributed by atoms with Gasteiger partial charge >= 0.3 is 11.9 Å². The third-order valence-electron chi connectivity index (χ3n) is 2.96. The Bertz CT molecular complexity index is 250. The van der Waals surface area contributed by atoms with Crippen LogP contribution in [0.4, 0.5) is 0 Å². The van der Waals surface area contributed by atoms with E-state index >= 15 is 0 Å². The largest absolute Gasteiger partial charge is 0.481 e. The van der Waals surface area contributed by atoms with E-state index in [0.717, 1.165) is 38.5 Å². The third-order valence-corrected chi connectivity index (χ3v) is 2.96. The van der Waals surface area contributed by atoms with Crippen LogP contribution in [0, 0.1) is 5.92 Å². The van der Waals surface area contributed by atoms with Crippen LogP contribution in [0.25, 0.3) is 0 Å². The standard InChI is InChI=1S/C14H26O4/c1-4-6-8-10-12(13(15)16)14(17)18-11(3)9-7-5-2/h11-12H,4-10H2,1-3H3,(H,15,16). The van der Waals surface area contributed by atoms with Crippen LogP contribution in [-0.2, 0) is 14.3 Å². The fraction of sp³-hybridized carbons (Fsp3) is 0.857. The molecule has 18 heavy (non-hydrogen) atoms. The molecule has 4 heteroatoms. The molecule has 0 fully saturated rings. The van der Waals surface area contributed by atoms with Crippen molar-refractivity contribution in [3.63, 3.8) is 0 Å². The molecular weight excluding hydrogens is 232 g/mol. The van der Waals surface area contributed by atoms with Gasteiger partial charge in [0.05, 0.1) is 6.10 Å². The first-order valence-corrected chi connectivity index (χ1v) is 6.96. The monoisotopic (exact) mass is 258 g/mol. The minimum Gasteiger partial charge on any atom is -0.481 e. The molecule has 0 aromatic heterocycles. The number of carbonyl (C=O) groups excluding carboxylic acids is 1. The normalized spacial score (nSPS) is 13.9. The van der Waals surface area contributed by atoms with Crippen LogP contribution < -0.4 is 0 Å². The van der Waals surface area contributed by atoms with E-state index in [1.165, 1.54) is 0 Å². The number of hydrogen-bond donors (Lipinski definition) is 1. The van der Waals surface area contributed by atoms with Crippen LogP contribution in [0.1, 0.15) is 65.7 Å². The van der Waals surface area contributed by atoms with Crippen LogP contribution in [0.5, 0.6) is 0 Å². The lowest BCUT2D eigenvalue weighted by molar-refractivity contribution is -0.162. The molecule has 0 radical (unpaired) electrons. The summed E-state index contributed by atoms with van der Waals surface area (Å²) in [5.41, 5.74) is 0. The second-order valence-corrected chi connectivity index (χ2v) is 4.78. The number of aliphatic carboxylic acids is 1. The third kappa shape index (κ3) is 7.30. The van der Waals surface area contributed by atoms with E-state index in [4.69, 9.17) is 9.84 Å². The van der Waals surface area contributed by atoms with Gasteiger partial charge in [-0.25, -0.2) is 0 Å². The van der Waals surface area contributed by atoms with Gasteiger partial charge in [0.2, 0.25) is 0 Å².